The third-order valence-corrected chi connectivity index (χ3v) is 2.46. The van der Waals surface area contributed by atoms with Crippen molar-refractivity contribution in [3.05, 3.63) is 34.7 Å². The number of imidazole rings is 1. The van der Waals surface area contributed by atoms with Gasteiger partial charge in [0.15, 0.2) is 10.5 Å². The minimum absolute atomic E-state index is 0.644. The Hall–Kier alpha value is -1.36. The average molecular weight is 209 g/mol. The Labute approximate surface area is 86.5 Å². The lowest BCUT2D eigenvalue weighted by atomic mass is 10.3. The SMILES string of the molecule is CCc1c[nH]c(=S)n1Cc1ccno1. The van der Waals surface area contributed by atoms with Gasteiger partial charge in [-0.3, -0.25) is 0 Å². The molecule has 2 heterocycles. The summed E-state index contributed by atoms with van der Waals surface area (Å²) in [5, 5.41) is 3.66. The number of aryl methyl sites for hydroxylation is 1. The van der Waals surface area contributed by atoms with E-state index in [0.717, 1.165) is 17.0 Å². The Morgan fingerprint density at radius 1 is 1.64 bits per heavy atom. The van der Waals surface area contributed by atoms with E-state index in [0.29, 0.717) is 6.54 Å². The first-order chi connectivity index (χ1) is 6.81. The molecule has 74 valence electrons. The van der Waals surface area contributed by atoms with Crippen molar-refractivity contribution in [3.63, 3.8) is 0 Å². The molecule has 2 aromatic rings. The van der Waals surface area contributed by atoms with Crippen molar-refractivity contribution < 1.29 is 4.52 Å². The first-order valence-electron chi connectivity index (χ1n) is 4.48. The molecule has 2 rings (SSSR count). The second kappa shape index (κ2) is 3.79. The van der Waals surface area contributed by atoms with Crippen LogP contribution >= 0.6 is 12.2 Å². The Morgan fingerprint density at radius 2 is 2.50 bits per heavy atom. The number of aromatic nitrogens is 3. The Bertz CT molecular complexity index is 455. The van der Waals surface area contributed by atoms with Gasteiger partial charge in [-0.25, -0.2) is 0 Å². The average Bonchev–Trinajstić information content (AvgIpc) is 2.79. The van der Waals surface area contributed by atoms with Gasteiger partial charge in [-0.2, -0.15) is 0 Å². The molecule has 0 bridgehead atoms. The first-order valence-corrected chi connectivity index (χ1v) is 4.88. The summed E-state index contributed by atoms with van der Waals surface area (Å²) in [6.07, 6.45) is 4.51. The molecule has 2 aromatic heterocycles. The summed E-state index contributed by atoms with van der Waals surface area (Å²) in [6.45, 7) is 2.74. The highest BCUT2D eigenvalue weighted by Crippen LogP contribution is 2.07. The molecule has 0 radical (unpaired) electrons. The highest BCUT2D eigenvalue weighted by molar-refractivity contribution is 7.71. The lowest BCUT2D eigenvalue weighted by molar-refractivity contribution is 0.374. The number of rotatable bonds is 3. The standard InChI is InChI=1S/C9H11N3OS/c1-2-7-5-10-9(14)12(7)6-8-3-4-11-13-8/h3-5H,2,6H2,1H3,(H,10,14). The van der Waals surface area contributed by atoms with Crippen LogP contribution in [0.3, 0.4) is 0 Å². The fourth-order valence-corrected chi connectivity index (χ4v) is 1.62. The van der Waals surface area contributed by atoms with E-state index in [9.17, 15) is 0 Å². The monoisotopic (exact) mass is 209 g/mol. The van der Waals surface area contributed by atoms with Gasteiger partial charge < -0.3 is 14.1 Å². The van der Waals surface area contributed by atoms with E-state index in [1.807, 2.05) is 16.8 Å². The van der Waals surface area contributed by atoms with Crippen LogP contribution in [-0.4, -0.2) is 14.7 Å². The van der Waals surface area contributed by atoms with E-state index in [4.69, 9.17) is 16.7 Å². The number of nitrogens with zero attached hydrogens (tertiary/aromatic N) is 2. The van der Waals surface area contributed by atoms with Crippen LogP contribution in [0.1, 0.15) is 18.4 Å². The van der Waals surface area contributed by atoms with E-state index in [1.54, 1.807) is 6.20 Å². The van der Waals surface area contributed by atoms with Crippen molar-refractivity contribution in [1.29, 1.82) is 0 Å². The Balaban J connectivity index is 2.32. The van der Waals surface area contributed by atoms with Gasteiger partial charge in [0, 0.05) is 18.0 Å². The molecular weight excluding hydrogens is 198 g/mol. The van der Waals surface area contributed by atoms with Crippen LogP contribution in [0.25, 0.3) is 0 Å². The second-order valence-electron chi connectivity index (χ2n) is 3.00. The molecular formula is C9H11N3OS. The van der Waals surface area contributed by atoms with Gasteiger partial charge >= 0.3 is 0 Å². The highest BCUT2D eigenvalue weighted by atomic mass is 32.1. The molecule has 1 N–H and O–H groups in total. The summed E-state index contributed by atoms with van der Waals surface area (Å²) in [5.41, 5.74) is 1.17. The van der Waals surface area contributed by atoms with Crippen molar-refractivity contribution in [2.75, 3.05) is 0 Å². The molecule has 14 heavy (non-hydrogen) atoms. The van der Waals surface area contributed by atoms with Crippen LogP contribution in [-0.2, 0) is 13.0 Å². The largest absolute Gasteiger partial charge is 0.359 e. The van der Waals surface area contributed by atoms with Crippen LogP contribution in [0.5, 0.6) is 0 Å². The van der Waals surface area contributed by atoms with Gasteiger partial charge in [0.05, 0.1) is 12.7 Å². The van der Waals surface area contributed by atoms with Crippen molar-refractivity contribution in [3.8, 4) is 0 Å². The molecule has 4 nitrogen and oxygen atoms in total. The molecule has 0 aliphatic heterocycles. The molecule has 0 aliphatic rings. The lowest BCUT2D eigenvalue weighted by Gasteiger charge is -2.02. The van der Waals surface area contributed by atoms with Crippen LogP contribution in [0.4, 0.5) is 0 Å². The maximum absolute atomic E-state index is 5.16. The summed E-state index contributed by atoms with van der Waals surface area (Å²) in [4.78, 5) is 3.02. The molecule has 0 aliphatic carbocycles. The van der Waals surface area contributed by atoms with E-state index < -0.39 is 0 Å². The van der Waals surface area contributed by atoms with Gasteiger partial charge in [-0.15, -0.1) is 0 Å². The zero-order valence-corrected chi connectivity index (χ0v) is 8.67. The summed E-state index contributed by atoms with van der Waals surface area (Å²) in [7, 11) is 0. The van der Waals surface area contributed by atoms with E-state index in [2.05, 4.69) is 17.1 Å². The van der Waals surface area contributed by atoms with Gasteiger partial charge in [0.1, 0.15) is 0 Å². The molecule has 0 saturated carbocycles. The fourth-order valence-electron chi connectivity index (χ4n) is 1.38. The van der Waals surface area contributed by atoms with E-state index in [1.165, 1.54) is 5.69 Å². The minimum Gasteiger partial charge on any atom is -0.359 e. The number of nitrogens with one attached hydrogen (secondary N) is 1. The van der Waals surface area contributed by atoms with Gasteiger partial charge in [-0.1, -0.05) is 12.1 Å². The maximum atomic E-state index is 5.16. The fraction of sp³-hybridized carbons (Fsp3) is 0.333. The first kappa shape index (κ1) is 9.21. The molecule has 0 unspecified atom stereocenters. The van der Waals surface area contributed by atoms with E-state index in [-0.39, 0.29) is 0 Å². The zero-order chi connectivity index (χ0) is 9.97. The third-order valence-electron chi connectivity index (χ3n) is 2.12. The van der Waals surface area contributed by atoms with Gasteiger partial charge in [0.2, 0.25) is 0 Å². The number of hydrogen-bond donors (Lipinski definition) is 1. The lowest BCUT2D eigenvalue weighted by Crippen LogP contribution is -2.02. The Morgan fingerprint density at radius 3 is 3.14 bits per heavy atom. The summed E-state index contributed by atoms with van der Waals surface area (Å²) < 4.78 is 7.76. The number of hydrogen-bond acceptors (Lipinski definition) is 3. The summed E-state index contributed by atoms with van der Waals surface area (Å²) >= 11 is 5.16. The maximum Gasteiger partial charge on any atom is 0.177 e. The smallest absolute Gasteiger partial charge is 0.177 e. The minimum atomic E-state index is 0.644. The molecule has 0 amide bonds. The topological polar surface area (TPSA) is 46.8 Å². The van der Waals surface area contributed by atoms with Crippen LogP contribution in [0.2, 0.25) is 0 Å². The van der Waals surface area contributed by atoms with Crippen molar-refractivity contribution in [1.82, 2.24) is 14.7 Å². The van der Waals surface area contributed by atoms with Crippen molar-refractivity contribution >= 4 is 12.2 Å². The molecule has 0 fully saturated rings. The van der Waals surface area contributed by atoms with Crippen LogP contribution in [0.15, 0.2) is 23.0 Å². The number of H-pyrrole nitrogens is 1. The normalized spacial score (nSPS) is 10.6. The highest BCUT2D eigenvalue weighted by Gasteiger charge is 2.04. The molecule has 0 spiro atoms. The van der Waals surface area contributed by atoms with Crippen LogP contribution < -0.4 is 0 Å². The zero-order valence-electron chi connectivity index (χ0n) is 7.86. The molecule has 0 atom stereocenters. The molecule has 0 aromatic carbocycles. The second-order valence-corrected chi connectivity index (χ2v) is 3.39. The van der Waals surface area contributed by atoms with E-state index >= 15 is 0 Å². The number of aromatic amines is 1. The van der Waals surface area contributed by atoms with Crippen molar-refractivity contribution in [2.24, 2.45) is 0 Å². The molecule has 0 saturated heterocycles. The van der Waals surface area contributed by atoms with Gasteiger partial charge in [-0.05, 0) is 18.6 Å². The van der Waals surface area contributed by atoms with Crippen LogP contribution in [0, 0.1) is 4.77 Å². The predicted octanol–water partition coefficient (Wildman–Crippen LogP) is 2.14. The molecule has 5 heteroatoms. The predicted molar refractivity (Wildman–Crippen MR) is 54.6 cm³/mol. The third kappa shape index (κ3) is 1.63. The Kier molecular flexibility index (Phi) is 2.49. The summed E-state index contributed by atoms with van der Waals surface area (Å²) in [5.74, 6) is 0.815. The summed E-state index contributed by atoms with van der Waals surface area (Å²) in [6, 6.07) is 1.84. The van der Waals surface area contributed by atoms with Crippen molar-refractivity contribution in [2.45, 2.75) is 19.9 Å². The quantitative estimate of drug-likeness (QED) is 0.788. The van der Waals surface area contributed by atoms with Gasteiger partial charge in [0.25, 0.3) is 0 Å².